The molecule has 0 radical (unpaired) electrons. The molecule has 0 fully saturated rings. The van der Waals surface area contributed by atoms with E-state index >= 15 is 0 Å². The summed E-state index contributed by atoms with van der Waals surface area (Å²) in [6.07, 6.45) is 1.87. The molecule has 7 heteroatoms. The highest BCUT2D eigenvalue weighted by atomic mass is 32.2. The molecule has 5 nitrogen and oxygen atoms in total. The standard InChI is InChI=1S/C11H17N3O2S2/c1-11(2,3)16-9(15)6-18-8-5-7(12)13-10(14-8)17-4/h5H,6H2,1-4H3,(H2,12,13,14). The molecule has 0 amide bonds. The molecule has 18 heavy (non-hydrogen) atoms. The van der Waals surface area contributed by atoms with Gasteiger partial charge in [-0.1, -0.05) is 23.5 Å². The average molecular weight is 287 g/mol. The zero-order valence-corrected chi connectivity index (χ0v) is 12.5. The first-order chi connectivity index (χ1) is 8.30. The van der Waals surface area contributed by atoms with Gasteiger partial charge in [-0.3, -0.25) is 4.79 Å². The van der Waals surface area contributed by atoms with Gasteiger partial charge in [0.15, 0.2) is 5.16 Å². The molecule has 0 aliphatic heterocycles. The highest BCUT2D eigenvalue weighted by Gasteiger charge is 2.16. The van der Waals surface area contributed by atoms with Gasteiger partial charge >= 0.3 is 5.97 Å². The first-order valence-electron chi connectivity index (χ1n) is 5.33. The third-order valence-corrected chi connectivity index (χ3v) is 3.08. The maximum atomic E-state index is 11.5. The molecule has 0 unspecified atom stereocenters. The summed E-state index contributed by atoms with van der Waals surface area (Å²) in [5.41, 5.74) is 5.18. The van der Waals surface area contributed by atoms with Crippen LogP contribution in [-0.4, -0.2) is 33.5 Å². The summed E-state index contributed by atoms with van der Waals surface area (Å²) in [6.45, 7) is 5.51. The number of carbonyl (C=O) groups is 1. The first-order valence-corrected chi connectivity index (χ1v) is 7.54. The number of hydrogen-bond donors (Lipinski definition) is 1. The summed E-state index contributed by atoms with van der Waals surface area (Å²) in [5.74, 6) is 0.345. The Balaban J connectivity index is 2.58. The van der Waals surface area contributed by atoms with E-state index in [1.54, 1.807) is 6.07 Å². The van der Waals surface area contributed by atoms with Crippen molar-refractivity contribution in [2.45, 2.75) is 36.6 Å². The molecule has 0 aliphatic rings. The third-order valence-electron chi connectivity index (χ3n) is 1.64. The Bertz CT molecular complexity index is 433. The van der Waals surface area contributed by atoms with Crippen LogP contribution in [0.15, 0.2) is 16.2 Å². The van der Waals surface area contributed by atoms with Crippen molar-refractivity contribution in [3.63, 3.8) is 0 Å². The van der Waals surface area contributed by atoms with E-state index in [0.717, 1.165) is 0 Å². The molecule has 0 atom stereocenters. The van der Waals surface area contributed by atoms with Gasteiger partial charge in [0.05, 0.1) is 5.75 Å². The molecule has 100 valence electrons. The van der Waals surface area contributed by atoms with Crippen LogP contribution < -0.4 is 5.73 Å². The van der Waals surface area contributed by atoms with Crippen molar-refractivity contribution in [2.24, 2.45) is 0 Å². The Kier molecular flexibility index (Phi) is 5.28. The van der Waals surface area contributed by atoms with Gasteiger partial charge in [-0.25, -0.2) is 9.97 Å². The number of rotatable bonds is 4. The maximum Gasteiger partial charge on any atom is 0.316 e. The van der Waals surface area contributed by atoms with E-state index in [-0.39, 0.29) is 11.7 Å². The molecule has 1 heterocycles. The van der Waals surface area contributed by atoms with E-state index in [9.17, 15) is 4.79 Å². The fraction of sp³-hybridized carbons (Fsp3) is 0.545. The lowest BCUT2D eigenvalue weighted by Crippen LogP contribution is -2.24. The number of ether oxygens (including phenoxy) is 1. The molecule has 0 bridgehead atoms. The number of nitrogen functional groups attached to an aromatic ring is 1. The molecule has 0 spiro atoms. The lowest BCUT2D eigenvalue weighted by atomic mass is 10.2. The quantitative estimate of drug-likeness (QED) is 0.393. The third kappa shape index (κ3) is 5.59. The van der Waals surface area contributed by atoms with E-state index in [2.05, 4.69) is 9.97 Å². The molecule has 1 aromatic rings. The second-order valence-electron chi connectivity index (χ2n) is 4.49. The van der Waals surface area contributed by atoms with Crippen LogP contribution in [0.2, 0.25) is 0 Å². The van der Waals surface area contributed by atoms with Crippen molar-refractivity contribution in [2.75, 3.05) is 17.7 Å². The number of aromatic nitrogens is 2. The van der Waals surface area contributed by atoms with Gasteiger partial charge < -0.3 is 10.5 Å². The van der Waals surface area contributed by atoms with Crippen LogP contribution in [0.3, 0.4) is 0 Å². The fourth-order valence-corrected chi connectivity index (χ4v) is 2.21. The van der Waals surface area contributed by atoms with E-state index in [1.807, 2.05) is 27.0 Å². The number of nitrogens with two attached hydrogens (primary N) is 1. The predicted octanol–water partition coefficient (Wildman–Crippen LogP) is 2.21. The number of carbonyl (C=O) groups excluding carboxylic acids is 1. The Hall–Kier alpha value is -0.950. The minimum atomic E-state index is -0.466. The Morgan fingerprint density at radius 2 is 2.11 bits per heavy atom. The summed E-state index contributed by atoms with van der Waals surface area (Å²) < 4.78 is 5.21. The summed E-state index contributed by atoms with van der Waals surface area (Å²) in [6, 6.07) is 1.65. The first kappa shape index (κ1) is 15.1. The van der Waals surface area contributed by atoms with Gasteiger partial charge in [-0.2, -0.15) is 0 Å². The fourth-order valence-electron chi connectivity index (χ4n) is 1.09. The lowest BCUT2D eigenvalue weighted by Gasteiger charge is -2.19. The molecule has 0 saturated heterocycles. The van der Waals surface area contributed by atoms with Crippen molar-refractivity contribution >= 4 is 35.3 Å². The number of nitrogens with zero attached hydrogens (tertiary/aromatic N) is 2. The van der Waals surface area contributed by atoms with Crippen molar-refractivity contribution < 1.29 is 9.53 Å². The van der Waals surface area contributed by atoms with Crippen LogP contribution in [0.1, 0.15) is 20.8 Å². The predicted molar refractivity (Wildman–Crippen MR) is 74.8 cm³/mol. The number of esters is 1. The normalized spacial score (nSPS) is 11.3. The van der Waals surface area contributed by atoms with Crippen molar-refractivity contribution in [3.05, 3.63) is 6.07 Å². The molecule has 1 rings (SSSR count). The van der Waals surface area contributed by atoms with Crippen LogP contribution >= 0.6 is 23.5 Å². The summed E-state index contributed by atoms with van der Waals surface area (Å²) in [4.78, 5) is 19.8. The zero-order valence-electron chi connectivity index (χ0n) is 10.9. The number of anilines is 1. The molecule has 1 aromatic heterocycles. The van der Waals surface area contributed by atoms with E-state index in [0.29, 0.717) is 16.0 Å². The zero-order chi connectivity index (χ0) is 13.8. The highest BCUT2D eigenvalue weighted by molar-refractivity contribution is 8.00. The van der Waals surface area contributed by atoms with Crippen molar-refractivity contribution in [3.8, 4) is 0 Å². The summed E-state index contributed by atoms with van der Waals surface area (Å²) in [7, 11) is 0. The van der Waals surface area contributed by atoms with Gasteiger partial charge in [0.2, 0.25) is 0 Å². The Morgan fingerprint density at radius 1 is 1.44 bits per heavy atom. The molecular formula is C11H17N3O2S2. The van der Waals surface area contributed by atoms with Crippen LogP contribution in [0.4, 0.5) is 5.82 Å². The smallest absolute Gasteiger partial charge is 0.316 e. The second-order valence-corrected chi connectivity index (χ2v) is 6.26. The van der Waals surface area contributed by atoms with Gasteiger partial charge in [0, 0.05) is 6.07 Å². The van der Waals surface area contributed by atoms with Gasteiger partial charge in [-0.15, -0.1) is 0 Å². The largest absolute Gasteiger partial charge is 0.459 e. The molecule has 0 saturated carbocycles. The molecule has 2 N–H and O–H groups in total. The second kappa shape index (κ2) is 6.29. The van der Waals surface area contributed by atoms with Crippen LogP contribution in [0, 0.1) is 0 Å². The van der Waals surface area contributed by atoms with E-state index in [1.165, 1.54) is 23.5 Å². The average Bonchev–Trinajstić information content (AvgIpc) is 2.23. The lowest BCUT2D eigenvalue weighted by molar-refractivity contribution is -0.151. The van der Waals surface area contributed by atoms with Crippen molar-refractivity contribution in [1.82, 2.24) is 9.97 Å². The Morgan fingerprint density at radius 3 is 2.67 bits per heavy atom. The maximum absolute atomic E-state index is 11.5. The minimum Gasteiger partial charge on any atom is -0.459 e. The highest BCUT2D eigenvalue weighted by Crippen LogP contribution is 2.21. The van der Waals surface area contributed by atoms with Gasteiger partial charge in [-0.05, 0) is 27.0 Å². The molecule has 0 aromatic carbocycles. The molecule has 0 aliphatic carbocycles. The summed E-state index contributed by atoms with van der Waals surface area (Å²) >= 11 is 2.70. The van der Waals surface area contributed by atoms with Crippen LogP contribution in [0.25, 0.3) is 0 Å². The minimum absolute atomic E-state index is 0.210. The van der Waals surface area contributed by atoms with Gasteiger partial charge in [0.25, 0.3) is 0 Å². The van der Waals surface area contributed by atoms with E-state index < -0.39 is 5.60 Å². The molecular weight excluding hydrogens is 270 g/mol. The van der Waals surface area contributed by atoms with Gasteiger partial charge in [0.1, 0.15) is 16.4 Å². The van der Waals surface area contributed by atoms with Crippen molar-refractivity contribution in [1.29, 1.82) is 0 Å². The van der Waals surface area contributed by atoms with E-state index in [4.69, 9.17) is 10.5 Å². The number of thioether (sulfide) groups is 2. The van der Waals surface area contributed by atoms with Crippen LogP contribution in [0.5, 0.6) is 0 Å². The van der Waals surface area contributed by atoms with Crippen LogP contribution in [-0.2, 0) is 9.53 Å². The topological polar surface area (TPSA) is 78.1 Å². The number of hydrogen-bond acceptors (Lipinski definition) is 7. The SMILES string of the molecule is CSc1nc(N)cc(SCC(=O)OC(C)(C)C)n1. The summed E-state index contributed by atoms with van der Waals surface area (Å²) in [5, 5.41) is 1.28. The Labute approximate surface area is 115 Å². The monoisotopic (exact) mass is 287 g/mol.